The molecule has 12 heavy (non-hydrogen) atoms. The molecular formula is C6H9N3O3. The van der Waals surface area contributed by atoms with Gasteiger partial charge in [-0.25, -0.2) is 9.98 Å². The molecule has 66 valence electrons. The Morgan fingerprint density at radius 1 is 1.75 bits per heavy atom. The van der Waals surface area contributed by atoms with Crippen LogP contribution in [0, 0.1) is 0 Å². The summed E-state index contributed by atoms with van der Waals surface area (Å²) >= 11 is 0. The zero-order valence-corrected chi connectivity index (χ0v) is 6.21. The van der Waals surface area contributed by atoms with E-state index in [1.165, 1.54) is 0 Å². The van der Waals surface area contributed by atoms with Gasteiger partial charge in [0.15, 0.2) is 5.72 Å². The summed E-state index contributed by atoms with van der Waals surface area (Å²) < 4.78 is 0. The lowest BCUT2D eigenvalue weighted by Gasteiger charge is -2.17. The number of nitrogens with zero attached hydrogens (tertiary/aromatic N) is 2. The second-order valence-electron chi connectivity index (χ2n) is 2.55. The fourth-order valence-electron chi connectivity index (χ4n) is 0.836. The number of carboxylic acids is 1. The molecule has 0 aliphatic carbocycles. The first-order valence-electron chi connectivity index (χ1n) is 3.32. The number of rotatable bonds is 3. The zero-order chi connectivity index (χ0) is 9.19. The molecule has 6 nitrogen and oxygen atoms in total. The molecule has 0 aromatic heterocycles. The van der Waals surface area contributed by atoms with Crippen molar-refractivity contribution in [3.05, 3.63) is 0 Å². The van der Waals surface area contributed by atoms with Gasteiger partial charge in [-0.2, -0.15) is 0 Å². The third-order valence-electron chi connectivity index (χ3n) is 1.47. The molecule has 0 spiro atoms. The van der Waals surface area contributed by atoms with Crippen molar-refractivity contribution in [2.24, 2.45) is 15.7 Å². The van der Waals surface area contributed by atoms with E-state index in [0.717, 1.165) is 12.6 Å². The third-order valence-corrected chi connectivity index (χ3v) is 1.47. The van der Waals surface area contributed by atoms with Gasteiger partial charge >= 0.3 is 5.97 Å². The summed E-state index contributed by atoms with van der Waals surface area (Å²) in [6, 6.07) is -1.13. The molecular weight excluding hydrogens is 162 g/mol. The van der Waals surface area contributed by atoms with Crippen LogP contribution in [-0.2, 0) is 4.79 Å². The van der Waals surface area contributed by atoms with Gasteiger partial charge < -0.3 is 15.9 Å². The second-order valence-corrected chi connectivity index (χ2v) is 2.55. The van der Waals surface area contributed by atoms with Crippen LogP contribution in [0.3, 0.4) is 0 Å². The number of aliphatic imine (C=N–C) groups is 2. The summed E-state index contributed by atoms with van der Waals surface area (Å²) in [4.78, 5) is 17.4. The predicted molar refractivity (Wildman–Crippen MR) is 42.2 cm³/mol. The van der Waals surface area contributed by atoms with Crippen LogP contribution >= 0.6 is 0 Å². The van der Waals surface area contributed by atoms with Crippen molar-refractivity contribution in [2.45, 2.75) is 18.2 Å². The fourth-order valence-corrected chi connectivity index (χ4v) is 0.836. The van der Waals surface area contributed by atoms with Crippen LogP contribution in [-0.4, -0.2) is 40.5 Å². The van der Waals surface area contributed by atoms with Gasteiger partial charge in [0.25, 0.3) is 0 Å². The van der Waals surface area contributed by atoms with Gasteiger partial charge in [-0.3, -0.25) is 4.79 Å². The highest BCUT2D eigenvalue weighted by atomic mass is 16.4. The van der Waals surface area contributed by atoms with Crippen LogP contribution in [0.5, 0.6) is 0 Å². The first-order valence-corrected chi connectivity index (χ1v) is 3.32. The van der Waals surface area contributed by atoms with Gasteiger partial charge in [0.1, 0.15) is 12.4 Å². The molecule has 2 atom stereocenters. The molecule has 0 aromatic rings. The monoisotopic (exact) mass is 171 g/mol. The molecule has 1 aliphatic heterocycles. The Morgan fingerprint density at radius 3 is 2.83 bits per heavy atom. The maximum absolute atomic E-state index is 10.3. The van der Waals surface area contributed by atoms with Crippen molar-refractivity contribution in [2.75, 3.05) is 0 Å². The van der Waals surface area contributed by atoms with Crippen molar-refractivity contribution in [1.29, 1.82) is 0 Å². The van der Waals surface area contributed by atoms with Crippen LogP contribution in [0.15, 0.2) is 9.98 Å². The summed E-state index contributed by atoms with van der Waals surface area (Å²) in [5, 5.41) is 17.8. The van der Waals surface area contributed by atoms with E-state index >= 15 is 0 Å². The van der Waals surface area contributed by atoms with Crippen LogP contribution in [0.2, 0.25) is 0 Å². The number of hydrogen-bond acceptors (Lipinski definition) is 5. The Morgan fingerprint density at radius 2 is 2.42 bits per heavy atom. The number of carbonyl (C=O) groups is 1. The first-order chi connectivity index (χ1) is 5.53. The largest absolute Gasteiger partial charge is 0.480 e. The minimum atomic E-state index is -1.53. The van der Waals surface area contributed by atoms with Crippen molar-refractivity contribution < 1.29 is 15.0 Å². The highest BCUT2D eigenvalue weighted by Gasteiger charge is 2.30. The topological polar surface area (TPSA) is 108 Å². The quantitative estimate of drug-likeness (QED) is 0.484. The molecule has 1 rings (SSSR count). The molecule has 1 aliphatic rings. The summed E-state index contributed by atoms with van der Waals surface area (Å²) in [5.41, 5.74) is 3.66. The van der Waals surface area contributed by atoms with Crippen molar-refractivity contribution in [3.8, 4) is 0 Å². The molecule has 1 heterocycles. The van der Waals surface area contributed by atoms with Crippen molar-refractivity contribution in [1.82, 2.24) is 0 Å². The van der Waals surface area contributed by atoms with E-state index in [9.17, 15) is 9.90 Å². The number of nitrogens with two attached hydrogens (primary N) is 1. The Hall–Kier alpha value is -1.27. The van der Waals surface area contributed by atoms with Crippen LogP contribution in [0.4, 0.5) is 0 Å². The maximum Gasteiger partial charge on any atom is 0.320 e. The summed E-state index contributed by atoms with van der Waals surface area (Å²) in [6.07, 6.45) is 2.16. The number of aliphatic hydroxyl groups is 1. The molecule has 6 heteroatoms. The van der Waals surface area contributed by atoms with Gasteiger partial charge in [0.2, 0.25) is 0 Å². The van der Waals surface area contributed by atoms with E-state index in [2.05, 4.69) is 9.98 Å². The van der Waals surface area contributed by atoms with Crippen molar-refractivity contribution in [3.63, 3.8) is 0 Å². The lowest BCUT2D eigenvalue weighted by Crippen LogP contribution is -2.40. The van der Waals surface area contributed by atoms with E-state index in [0.29, 0.717) is 0 Å². The normalized spacial score (nSPS) is 29.2. The average Bonchev–Trinajstić information content (AvgIpc) is 2.35. The molecule has 0 saturated heterocycles. The zero-order valence-electron chi connectivity index (χ0n) is 6.21. The number of carboxylic acid groups (broad SMARTS) is 1. The van der Waals surface area contributed by atoms with E-state index in [4.69, 9.17) is 10.8 Å². The Kier molecular flexibility index (Phi) is 2.20. The molecule has 4 N–H and O–H groups in total. The fraction of sp³-hybridized carbons (Fsp3) is 0.500. The minimum Gasteiger partial charge on any atom is -0.480 e. The summed E-state index contributed by atoms with van der Waals surface area (Å²) in [5.74, 6) is -1.17. The van der Waals surface area contributed by atoms with E-state index in [1.807, 2.05) is 0 Å². The molecule has 0 fully saturated rings. The Balaban J connectivity index is 2.56. The lowest BCUT2D eigenvalue weighted by molar-refractivity contribution is -0.139. The average molecular weight is 171 g/mol. The van der Waals surface area contributed by atoms with Crippen molar-refractivity contribution >= 4 is 18.5 Å². The first kappa shape index (κ1) is 8.82. The SMILES string of the molecule is N[C@@H](CC1(O)C=NC=N1)C(=O)O. The third kappa shape index (κ3) is 1.86. The predicted octanol–water partition coefficient (Wildman–Crippen LogP) is -1.41. The van der Waals surface area contributed by atoms with Crippen LogP contribution in [0.1, 0.15) is 6.42 Å². The van der Waals surface area contributed by atoms with Gasteiger partial charge in [-0.05, 0) is 0 Å². The van der Waals surface area contributed by atoms with Crippen LogP contribution < -0.4 is 5.73 Å². The highest BCUT2D eigenvalue weighted by molar-refractivity contribution is 5.85. The Bertz CT molecular complexity index is 236. The van der Waals surface area contributed by atoms with E-state index < -0.39 is 17.7 Å². The number of hydrogen-bond donors (Lipinski definition) is 3. The Labute approximate surface area is 68.4 Å². The molecule has 0 radical (unpaired) electrons. The lowest BCUT2D eigenvalue weighted by atomic mass is 10.1. The van der Waals surface area contributed by atoms with Gasteiger partial charge in [-0.15, -0.1) is 0 Å². The summed E-state index contributed by atoms with van der Waals surface area (Å²) in [6.45, 7) is 0. The van der Waals surface area contributed by atoms with E-state index in [1.54, 1.807) is 0 Å². The van der Waals surface area contributed by atoms with Gasteiger partial charge in [-0.1, -0.05) is 0 Å². The van der Waals surface area contributed by atoms with E-state index in [-0.39, 0.29) is 6.42 Å². The van der Waals surface area contributed by atoms with Gasteiger partial charge in [0.05, 0.1) is 6.21 Å². The molecule has 0 saturated carbocycles. The van der Waals surface area contributed by atoms with Crippen LogP contribution in [0.25, 0.3) is 0 Å². The standard InChI is InChI=1S/C6H9N3O3/c7-4(5(10)11)1-6(12)2-8-3-9-6/h2-4,12H,1,7H2,(H,10,11)/t4-,6?/m0/s1. The number of aliphatic carboxylic acids is 1. The summed E-state index contributed by atoms with van der Waals surface area (Å²) in [7, 11) is 0. The maximum atomic E-state index is 10.3. The highest BCUT2D eigenvalue weighted by Crippen LogP contribution is 2.14. The molecule has 0 amide bonds. The smallest absolute Gasteiger partial charge is 0.320 e. The molecule has 0 bridgehead atoms. The second kappa shape index (κ2) is 3.00. The minimum absolute atomic E-state index is 0.164. The molecule has 1 unspecified atom stereocenters. The molecule has 0 aromatic carbocycles. The van der Waals surface area contributed by atoms with Gasteiger partial charge in [0, 0.05) is 6.42 Å².